The summed E-state index contributed by atoms with van der Waals surface area (Å²) in [5, 5.41) is 3.95. The number of nitrogens with one attached hydrogen (secondary N) is 1. The highest BCUT2D eigenvalue weighted by molar-refractivity contribution is 7.99. The van der Waals surface area contributed by atoms with Crippen molar-refractivity contribution in [3.05, 3.63) is 64.1 Å². The summed E-state index contributed by atoms with van der Waals surface area (Å²) >= 11 is 0.182. The topological polar surface area (TPSA) is 96.8 Å². The minimum Gasteiger partial charge on any atom is -0.339 e. The first kappa shape index (κ1) is 22.6. The molecule has 1 aromatic carbocycles. The van der Waals surface area contributed by atoms with Crippen LogP contribution in [0.4, 0.5) is 8.78 Å². The summed E-state index contributed by atoms with van der Waals surface area (Å²) in [6, 6.07) is 7.45. The van der Waals surface area contributed by atoms with Gasteiger partial charge in [0.25, 0.3) is 11.3 Å². The number of aromatic nitrogens is 5. The second-order valence-electron chi connectivity index (χ2n) is 6.93. The van der Waals surface area contributed by atoms with Crippen molar-refractivity contribution in [3.8, 4) is 5.69 Å². The summed E-state index contributed by atoms with van der Waals surface area (Å²) in [6.07, 6.45) is 3.33. The Hall–Kier alpha value is -3.08. The fourth-order valence-corrected chi connectivity index (χ4v) is 3.62. The van der Waals surface area contributed by atoms with E-state index in [-0.39, 0.29) is 41.7 Å². The molecule has 2 aromatic heterocycles. The molecule has 3 rings (SSSR count). The summed E-state index contributed by atoms with van der Waals surface area (Å²) in [5.74, 6) is -2.81. The summed E-state index contributed by atoms with van der Waals surface area (Å²) < 4.78 is 26.6. The lowest BCUT2D eigenvalue weighted by atomic mass is 10.1. The highest BCUT2D eigenvalue weighted by Gasteiger charge is 2.19. The monoisotopic (exact) mass is 448 g/mol. The zero-order valence-electron chi connectivity index (χ0n) is 17.2. The minimum absolute atomic E-state index is 0.102. The largest absolute Gasteiger partial charge is 0.339 e. The van der Waals surface area contributed by atoms with Gasteiger partial charge < -0.3 is 9.88 Å². The highest BCUT2D eigenvalue weighted by Crippen LogP contribution is 2.23. The van der Waals surface area contributed by atoms with E-state index in [2.05, 4.69) is 20.1 Å². The Bertz CT molecular complexity index is 1090. The van der Waals surface area contributed by atoms with E-state index >= 15 is 0 Å². The first-order valence-corrected chi connectivity index (χ1v) is 10.4. The summed E-state index contributed by atoms with van der Waals surface area (Å²) in [5.41, 5.74) is 1.98. The average Bonchev–Trinajstić information content (AvgIpc) is 3.26. The molecule has 0 aliphatic carbocycles. The number of hydrogen-bond acceptors (Lipinski definition) is 6. The fraction of sp³-hybridized carbons (Fsp3) is 0.350. The minimum atomic E-state index is -2.67. The van der Waals surface area contributed by atoms with Crippen molar-refractivity contribution in [2.45, 2.75) is 43.6 Å². The second kappa shape index (κ2) is 9.82. The number of aryl methyl sites for hydroxylation is 1. The quantitative estimate of drug-likeness (QED) is 0.420. The molecule has 0 saturated carbocycles. The van der Waals surface area contributed by atoms with E-state index in [1.54, 1.807) is 29.9 Å². The molecule has 0 saturated heterocycles. The third-order valence-corrected chi connectivity index (χ3v) is 5.62. The van der Waals surface area contributed by atoms with Crippen LogP contribution in [-0.2, 0) is 11.2 Å². The van der Waals surface area contributed by atoms with Crippen LogP contribution in [0.2, 0.25) is 0 Å². The molecule has 0 spiro atoms. The van der Waals surface area contributed by atoms with E-state index in [0.29, 0.717) is 11.3 Å². The summed E-state index contributed by atoms with van der Waals surface area (Å²) in [7, 11) is 1.70. The Morgan fingerprint density at radius 1 is 1.29 bits per heavy atom. The van der Waals surface area contributed by atoms with Crippen LogP contribution in [0.3, 0.4) is 0 Å². The molecule has 0 aliphatic rings. The lowest BCUT2D eigenvalue weighted by molar-refractivity contribution is -0.131. The lowest BCUT2D eigenvalue weighted by Gasteiger charge is -2.25. The van der Waals surface area contributed by atoms with E-state index in [0.717, 1.165) is 11.3 Å². The number of carbonyl (C=O) groups excluding carboxylic acids is 1. The van der Waals surface area contributed by atoms with E-state index in [1.807, 2.05) is 31.2 Å². The van der Waals surface area contributed by atoms with Crippen molar-refractivity contribution in [1.82, 2.24) is 29.6 Å². The van der Waals surface area contributed by atoms with Crippen LogP contribution in [0, 0.1) is 6.92 Å². The Kier molecular flexibility index (Phi) is 7.16. The van der Waals surface area contributed by atoms with Gasteiger partial charge in [-0.05, 0) is 49.7 Å². The molecule has 0 fully saturated rings. The Morgan fingerprint density at radius 2 is 2.00 bits per heavy atom. The standard InChI is InChI=1S/C20H22F2N6O2S/c1-12-16(18(30)26-20(25-12)31-19(21)22)8-9-17(29)27(3)13(2)14-4-6-15(7-5-14)28-11-23-10-24-28/h4-7,10-11,13,19H,8-9H2,1-3H3,(H,25,26,30). The van der Waals surface area contributed by atoms with Crippen molar-refractivity contribution in [3.63, 3.8) is 0 Å². The van der Waals surface area contributed by atoms with Crippen molar-refractivity contribution >= 4 is 17.7 Å². The lowest BCUT2D eigenvalue weighted by Crippen LogP contribution is -2.30. The van der Waals surface area contributed by atoms with Crippen LogP contribution in [0.1, 0.15) is 36.2 Å². The second-order valence-corrected chi connectivity index (χ2v) is 7.90. The molecule has 8 nitrogen and oxygen atoms in total. The zero-order valence-corrected chi connectivity index (χ0v) is 18.1. The number of rotatable bonds is 8. The summed E-state index contributed by atoms with van der Waals surface area (Å²) in [6.45, 7) is 3.49. The molecule has 0 radical (unpaired) electrons. The Labute approximate surface area is 181 Å². The van der Waals surface area contributed by atoms with Gasteiger partial charge in [-0.3, -0.25) is 9.59 Å². The van der Waals surface area contributed by atoms with E-state index in [4.69, 9.17) is 0 Å². The number of hydrogen-bond donors (Lipinski definition) is 1. The number of thioether (sulfide) groups is 1. The van der Waals surface area contributed by atoms with Crippen molar-refractivity contribution < 1.29 is 13.6 Å². The average molecular weight is 448 g/mol. The number of H-pyrrole nitrogens is 1. The van der Waals surface area contributed by atoms with E-state index in [1.165, 1.54) is 6.33 Å². The number of halogens is 2. The molecule has 0 bridgehead atoms. The van der Waals surface area contributed by atoms with Gasteiger partial charge in [-0.25, -0.2) is 14.6 Å². The maximum atomic E-state index is 12.7. The van der Waals surface area contributed by atoms with Gasteiger partial charge in [-0.1, -0.05) is 12.1 Å². The number of benzene rings is 1. The Morgan fingerprint density at radius 3 is 2.58 bits per heavy atom. The number of nitrogens with zero attached hydrogens (tertiary/aromatic N) is 5. The van der Waals surface area contributed by atoms with Gasteiger partial charge in [-0.15, -0.1) is 0 Å². The van der Waals surface area contributed by atoms with Gasteiger partial charge in [0.2, 0.25) is 5.91 Å². The maximum absolute atomic E-state index is 12.7. The van der Waals surface area contributed by atoms with Crippen molar-refractivity contribution in [2.75, 3.05) is 7.05 Å². The van der Waals surface area contributed by atoms with Gasteiger partial charge in [-0.2, -0.15) is 13.9 Å². The molecule has 1 N–H and O–H groups in total. The van der Waals surface area contributed by atoms with E-state index in [9.17, 15) is 18.4 Å². The first-order valence-electron chi connectivity index (χ1n) is 9.51. The van der Waals surface area contributed by atoms with Crippen LogP contribution in [0.15, 0.2) is 46.9 Å². The molecule has 2 heterocycles. The predicted octanol–water partition coefficient (Wildman–Crippen LogP) is 3.13. The molecule has 1 unspecified atom stereocenters. The molecule has 1 atom stereocenters. The Balaban J connectivity index is 1.63. The third-order valence-electron chi connectivity index (χ3n) is 5.02. The number of aromatic amines is 1. The first-order chi connectivity index (χ1) is 14.8. The van der Waals surface area contributed by atoms with Crippen LogP contribution in [0.5, 0.6) is 0 Å². The van der Waals surface area contributed by atoms with Crippen molar-refractivity contribution in [1.29, 1.82) is 0 Å². The number of amides is 1. The van der Waals surface area contributed by atoms with Gasteiger partial charge in [0.05, 0.1) is 11.7 Å². The van der Waals surface area contributed by atoms with Crippen molar-refractivity contribution in [2.24, 2.45) is 0 Å². The molecule has 0 aliphatic heterocycles. The molecule has 11 heteroatoms. The number of carbonyl (C=O) groups is 1. The predicted molar refractivity (Wildman–Crippen MR) is 112 cm³/mol. The van der Waals surface area contributed by atoms with Crippen LogP contribution >= 0.6 is 11.8 Å². The van der Waals surface area contributed by atoms with Crippen LogP contribution in [0.25, 0.3) is 5.69 Å². The molecule has 1 amide bonds. The van der Waals surface area contributed by atoms with Crippen LogP contribution in [-0.4, -0.2) is 48.3 Å². The smallest absolute Gasteiger partial charge is 0.291 e. The normalized spacial score (nSPS) is 12.2. The molecule has 3 aromatic rings. The van der Waals surface area contributed by atoms with E-state index < -0.39 is 11.3 Å². The number of alkyl halides is 2. The molecular formula is C20H22F2N6O2S. The molecule has 31 heavy (non-hydrogen) atoms. The van der Waals surface area contributed by atoms with Gasteiger partial charge in [0, 0.05) is 24.7 Å². The fourth-order valence-electron chi connectivity index (χ4n) is 3.11. The van der Waals surface area contributed by atoms with Gasteiger partial charge in [0.15, 0.2) is 5.16 Å². The third kappa shape index (κ3) is 5.54. The maximum Gasteiger partial charge on any atom is 0.291 e. The zero-order chi connectivity index (χ0) is 22.5. The summed E-state index contributed by atoms with van der Waals surface area (Å²) in [4.78, 5) is 36.8. The van der Waals surface area contributed by atoms with Gasteiger partial charge in [0.1, 0.15) is 12.7 Å². The van der Waals surface area contributed by atoms with Crippen LogP contribution < -0.4 is 5.56 Å². The molecule has 164 valence electrons. The SMILES string of the molecule is Cc1nc(SC(F)F)[nH]c(=O)c1CCC(=O)N(C)C(C)c1ccc(-n2cncn2)cc1. The molecular weight excluding hydrogens is 426 g/mol. The highest BCUT2D eigenvalue weighted by atomic mass is 32.2. The van der Waals surface area contributed by atoms with Gasteiger partial charge >= 0.3 is 0 Å².